The molecule has 0 saturated carbocycles. The molecule has 3 aromatic carbocycles. The molecule has 0 spiro atoms. The molecule has 0 unspecified atom stereocenters. The summed E-state index contributed by atoms with van der Waals surface area (Å²) in [6, 6.07) is 29.3. The van der Waals surface area contributed by atoms with Crippen LogP contribution >= 0.6 is 11.3 Å². The predicted molar refractivity (Wildman–Crippen MR) is 131 cm³/mol. The minimum Gasteiger partial charge on any atom is -0.289 e. The first-order valence-electron chi connectivity index (χ1n) is 10.5. The highest BCUT2D eigenvalue weighted by molar-refractivity contribution is 7.22. The molecule has 0 fully saturated rings. The van der Waals surface area contributed by atoms with Crippen molar-refractivity contribution in [1.29, 1.82) is 0 Å². The second kappa shape index (κ2) is 9.14. The van der Waals surface area contributed by atoms with Crippen LogP contribution < -0.4 is 4.90 Å². The van der Waals surface area contributed by atoms with Crippen molar-refractivity contribution in [3.05, 3.63) is 126 Å². The van der Waals surface area contributed by atoms with Gasteiger partial charge in [-0.25, -0.2) is 4.98 Å². The molecule has 160 valence electrons. The van der Waals surface area contributed by atoms with Crippen LogP contribution in [-0.2, 0) is 6.54 Å². The van der Waals surface area contributed by atoms with Gasteiger partial charge in [0.05, 0.1) is 22.5 Å². The number of thiazole rings is 1. The number of anilines is 1. The van der Waals surface area contributed by atoms with Crippen LogP contribution in [0.4, 0.5) is 5.13 Å². The van der Waals surface area contributed by atoms with Crippen molar-refractivity contribution >= 4 is 38.4 Å². The standard InChI is InChI=1S/C27H19N3O2S/c31-25(19-8-2-1-3-9-19)20-13-15-21(16-14-20)26(32)30(18-22-10-6-7-17-28-22)27-29-23-11-4-5-12-24(23)33-27/h1-17H,18H2. The van der Waals surface area contributed by atoms with Crippen LogP contribution in [-0.4, -0.2) is 21.7 Å². The van der Waals surface area contributed by atoms with Gasteiger partial charge >= 0.3 is 0 Å². The normalized spacial score (nSPS) is 10.8. The summed E-state index contributed by atoms with van der Waals surface area (Å²) >= 11 is 1.47. The first-order chi connectivity index (χ1) is 16.2. The second-order valence-electron chi connectivity index (χ2n) is 7.45. The maximum Gasteiger partial charge on any atom is 0.260 e. The number of carbonyl (C=O) groups is 2. The van der Waals surface area contributed by atoms with E-state index in [0.29, 0.717) is 28.4 Å². The highest BCUT2D eigenvalue weighted by Gasteiger charge is 2.22. The zero-order chi connectivity index (χ0) is 22.6. The van der Waals surface area contributed by atoms with Gasteiger partial charge in [-0.2, -0.15) is 0 Å². The van der Waals surface area contributed by atoms with E-state index in [0.717, 1.165) is 15.9 Å². The predicted octanol–water partition coefficient (Wildman–Crippen LogP) is 5.77. The number of carbonyl (C=O) groups excluding carboxylic acids is 2. The van der Waals surface area contributed by atoms with Crippen LogP contribution in [0.3, 0.4) is 0 Å². The Morgan fingerprint density at radius 3 is 2.12 bits per heavy atom. The fourth-order valence-electron chi connectivity index (χ4n) is 3.53. The van der Waals surface area contributed by atoms with Crippen LogP contribution in [0.1, 0.15) is 32.0 Å². The SMILES string of the molecule is O=C(c1ccccc1)c1ccc(C(=O)N(Cc2ccccn2)c2nc3ccccc3s2)cc1. The zero-order valence-corrected chi connectivity index (χ0v) is 18.4. The number of para-hydroxylation sites is 1. The van der Waals surface area contributed by atoms with E-state index in [-0.39, 0.29) is 11.7 Å². The molecule has 1 amide bonds. The molecule has 5 rings (SSSR count). The molecule has 2 aromatic heterocycles. The maximum absolute atomic E-state index is 13.6. The summed E-state index contributed by atoms with van der Waals surface area (Å²) in [6.07, 6.45) is 1.71. The van der Waals surface area contributed by atoms with Gasteiger partial charge in [-0.05, 0) is 36.4 Å². The first kappa shape index (κ1) is 20.7. The van der Waals surface area contributed by atoms with Crippen molar-refractivity contribution in [3.63, 3.8) is 0 Å². The molecular weight excluding hydrogens is 430 g/mol. The number of hydrogen-bond acceptors (Lipinski definition) is 5. The Bertz CT molecular complexity index is 1380. The number of fused-ring (bicyclic) bond motifs is 1. The van der Waals surface area contributed by atoms with Crippen LogP contribution in [0, 0.1) is 0 Å². The van der Waals surface area contributed by atoms with E-state index in [1.807, 2.05) is 60.7 Å². The van der Waals surface area contributed by atoms with Gasteiger partial charge in [0, 0.05) is 22.9 Å². The number of benzene rings is 3. The van der Waals surface area contributed by atoms with E-state index in [9.17, 15) is 9.59 Å². The van der Waals surface area contributed by atoms with Gasteiger partial charge in [-0.15, -0.1) is 0 Å². The molecule has 0 bridgehead atoms. The Labute approximate surface area is 195 Å². The Balaban J connectivity index is 1.47. The summed E-state index contributed by atoms with van der Waals surface area (Å²) in [5, 5.41) is 0.608. The summed E-state index contributed by atoms with van der Waals surface area (Å²) in [6.45, 7) is 0.296. The number of aromatic nitrogens is 2. The third-order valence-electron chi connectivity index (χ3n) is 5.23. The Morgan fingerprint density at radius 1 is 0.727 bits per heavy atom. The van der Waals surface area contributed by atoms with Gasteiger partial charge in [-0.1, -0.05) is 72.0 Å². The molecule has 0 radical (unpaired) electrons. The van der Waals surface area contributed by atoms with Crippen molar-refractivity contribution in [2.45, 2.75) is 6.54 Å². The van der Waals surface area contributed by atoms with Crippen LogP contribution in [0.5, 0.6) is 0 Å². The third-order valence-corrected chi connectivity index (χ3v) is 6.29. The molecule has 5 aromatic rings. The molecule has 0 aliphatic rings. The average molecular weight is 450 g/mol. The number of ketones is 1. The average Bonchev–Trinajstić information content (AvgIpc) is 3.32. The molecule has 0 N–H and O–H groups in total. The van der Waals surface area contributed by atoms with Crippen molar-refractivity contribution in [2.24, 2.45) is 0 Å². The van der Waals surface area contributed by atoms with Crippen LogP contribution in [0.15, 0.2) is 103 Å². The largest absolute Gasteiger partial charge is 0.289 e. The van der Waals surface area contributed by atoms with Crippen molar-refractivity contribution in [1.82, 2.24) is 9.97 Å². The number of rotatable bonds is 6. The van der Waals surface area contributed by atoms with Gasteiger partial charge in [-0.3, -0.25) is 19.5 Å². The smallest absolute Gasteiger partial charge is 0.260 e. The molecule has 2 heterocycles. The molecule has 0 atom stereocenters. The summed E-state index contributed by atoms with van der Waals surface area (Å²) in [5.41, 5.74) is 3.24. The topological polar surface area (TPSA) is 63.2 Å². The Hall–Kier alpha value is -4.16. The number of pyridine rings is 1. The highest BCUT2D eigenvalue weighted by Crippen LogP contribution is 2.30. The molecule has 0 saturated heterocycles. The summed E-state index contributed by atoms with van der Waals surface area (Å²) in [7, 11) is 0. The molecule has 0 aliphatic carbocycles. The summed E-state index contributed by atoms with van der Waals surface area (Å²) in [5.74, 6) is -0.274. The van der Waals surface area contributed by atoms with Gasteiger partial charge < -0.3 is 0 Å². The lowest BCUT2D eigenvalue weighted by molar-refractivity contribution is 0.0982. The molecule has 33 heavy (non-hydrogen) atoms. The van der Waals surface area contributed by atoms with Gasteiger partial charge in [0.1, 0.15) is 0 Å². The van der Waals surface area contributed by atoms with E-state index in [1.165, 1.54) is 11.3 Å². The first-order valence-corrected chi connectivity index (χ1v) is 11.3. The van der Waals surface area contributed by atoms with Crippen LogP contribution in [0.25, 0.3) is 10.2 Å². The van der Waals surface area contributed by atoms with Crippen molar-refractivity contribution in [2.75, 3.05) is 4.90 Å². The summed E-state index contributed by atoms with van der Waals surface area (Å²) in [4.78, 5) is 37.0. The zero-order valence-electron chi connectivity index (χ0n) is 17.6. The van der Waals surface area contributed by atoms with Crippen molar-refractivity contribution < 1.29 is 9.59 Å². The van der Waals surface area contributed by atoms with E-state index in [4.69, 9.17) is 0 Å². The second-order valence-corrected chi connectivity index (χ2v) is 8.46. The fraction of sp³-hybridized carbons (Fsp3) is 0.0370. The van der Waals surface area contributed by atoms with E-state index >= 15 is 0 Å². The Morgan fingerprint density at radius 2 is 1.39 bits per heavy atom. The lowest BCUT2D eigenvalue weighted by atomic mass is 10.0. The molecule has 6 heteroatoms. The fourth-order valence-corrected chi connectivity index (χ4v) is 4.49. The number of amides is 1. The monoisotopic (exact) mass is 449 g/mol. The Kier molecular flexibility index (Phi) is 5.74. The third kappa shape index (κ3) is 4.42. The summed E-state index contributed by atoms with van der Waals surface area (Å²) < 4.78 is 1.01. The minimum atomic E-state index is -0.196. The molecular formula is C27H19N3O2S. The number of hydrogen-bond donors (Lipinski definition) is 0. The van der Waals surface area contributed by atoms with E-state index < -0.39 is 0 Å². The van der Waals surface area contributed by atoms with E-state index in [2.05, 4.69) is 9.97 Å². The van der Waals surface area contributed by atoms with Crippen molar-refractivity contribution in [3.8, 4) is 0 Å². The lowest BCUT2D eigenvalue weighted by Crippen LogP contribution is -2.30. The highest BCUT2D eigenvalue weighted by atomic mass is 32.1. The number of nitrogens with zero attached hydrogens (tertiary/aromatic N) is 3. The maximum atomic E-state index is 13.6. The van der Waals surface area contributed by atoms with Gasteiger partial charge in [0.25, 0.3) is 5.91 Å². The molecule has 5 nitrogen and oxygen atoms in total. The van der Waals surface area contributed by atoms with Crippen LogP contribution in [0.2, 0.25) is 0 Å². The molecule has 0 aliphatic heterocycles. The van der Waals surface area contributed by atoms with E-state index in [1.54, 1.807) is 47.5 Å². The van der Waals surface area contributed by atoms with Gasteiger partial charge in [0.15, 0.2) is 10.9 Å². The lowest BCUT2D eigenvalue weighted by Gasteiger charge is -2.19. The minimum absolute atomic E-state index is 0.0777. The quantitative estimate of drug-likeness (QED) is 0.309. The van der Waals surface area contributed by atoms with Gasteiger partial charge in [0.2, 0.25) is 0 Å².